The SMILES string of the molecule is COC(=O)c1c(NC(=O)[C@@]2(C)Oc3ccccc3NC2=O)c(C)nn1C. The first-order valence-corrected chi connectivity index (χ1v) is 7.80. The Kier molecular flexibility index (Phi) is 4.15. The normalized spacial score (nSPS) is 18.4. The zero-order valence-electron chi connectivity index (χ0n) is 14.7. The molecule has 136 valence electrons. The summed E-state index contributed by atoms with van der Waals surface area (Å²) in [6.45, 7) is 2.98. The highest BCUT2D eigenvalue weighted by molar-refractivity contribution is 6.19. The Hall–Kier alpha value is -3.36. The first kappa shape index (κ1) is 17.5. The maximum atomic E-state index is 12.8. The van der Waals surface area contributed by atoms with Crippen LogP contribution in [0, 0.1) is 6.92 Å². The minimum absolute atomic E-state index is 0.0681. The van der Waals surface area contributed by atoms with Gasteiger partial charge < -0.3 is 20.1 Å². The van der Waals surface area contributed by atoms with Gasteiger partial charge in [-0.15, -0.1) is 0 Å². The fourth-order valence-electron chi connectivity index (χ4n) is 2.69. The molecule has 1 atom stereocenters. The van der Waals surface area contributed by atoms with Gasteiger partial charge in [0.05, 0.1) is 24.2 Å². The van der Waals surface area contributed by atoms with Gasteiger partial charge in [-0.25, -0.2) is 4.79 Å². The number of carbonyl (C=O) groups is 3. The standard InChI is InChI=1S/C17H18N4O5/c1-9-12(13(14(22)25-4)21(3)20-9)19-16(24)17(2)15(23)18-10-7-5-6-8-11(10)26-17/h5-8H,1-4H3,(H,18,23)(H,19,24)/t17-/m0/s1. The molecule has 2 aromatic rings. The molecule has 0 saturated carbocycles. The molecular formula is C17H18N4O5. The number of aromatic nitrogens is 2. The quantitative estimate of drug-likeness (QED) is 0.631. The summed E-state index contributed by atoms with van der Waals surface area (Å²) in [7, 11) is 2.78. The summed E-state index contributed by atoms with van der Waals surface area (Å²) in [4.78, 5) is 37.3. The molecule has 0 saturated heterocycles. The van der Waals surface area contributed by atoms with E-state index in [1.54, 1.807) is 38.2 Å². The second-order valence-electron chi connectivity index (χ2n) is 5.96. The van der Waals surface area contributed by atoms with Crippen LogP contribution < -0.4 is 15.4 Å². The Labute approximate surface area is 149 Å². The second-order valence-corrected chi connectivity index (χ2v) is 5.96. The lowest BCUT2D eigenvalue weighted by molar-refractivity contribution is -0.143. The average molecular weight is 358 g/mol. The summed E-state index contributed by atoms with van der Waals surface area (Å²) < 4.78 is 11.7. The predicted molar refractivity (Wildman–Crippen MR) is 92.0 cm³/mol. The number of nitrogens with zero attached hydrogens (tertiary/aromatic N) is 2. The van der Waals surface area contributed by atoms with Gasteiger partial charge >= 0.3 is 5.97 Å². The molecule has 0 unspecified atom stereocenters. The van der Waals surface area contributed by atoms with Gasteiger partial charge in [0.2, 0.25) is 0 Å². The lowest BCUT2D eigenvalue weighted by Gasteiger charge is -2.33. The summed E-state index contributed by atoms with van der Waals surface area (Å²) in [6.07, 6.45) is 0. The van der Waals surface area contributed by atoms with Crippen LogP contribution in [0.25, 0.3) is 0 Å². The van der Waals surface area contributed by atoms with Gasteiger partial charge in [-0.1, -0.05) is 12.1 Å². The zero-order chi connectivity index (χ0) is 19.1. The van der Waals surface area contributed by atoms with Gasteiger partial charge in [0.25, 0.3) is 17.4 Å². The molecule has 1 aliphatic rings. The van der Waals surface area contributed by atoms with Crippen molar-refractivity contribution in [2.75, 3.05) is 17.7 Å². The highest BCUT2D eigenvalue weighted by Gasteiger charge is 2.47. The molecule has 0 aliphatic carbocycles. The molecule has 26 heavy (non-hydrogen) atoms. The van der Waals surface area contributed by atoms with Crippen LogP contribution in [0.15, 0.2) is 24.3 Å². The highest BCUT2D eigenvalue weighted by Crippen LogP contribution is 2.34. The highest BCUT2D eigenvalue weighted by atomic mass is 16.5. The number of benzene rings is 1. The van der Waals surface area contributed by atoms with Crippen LogP contribution in [0.5, 0.6) is 5.75 Å². The monoisotopic (exact) mass is 358 g/mol. The average Bonchev–Trinajstić information content (AvgIpc) is 2.88. The Morgan fingerprint density at radius 1 is 1.35 bits per heavy atom. The molecule has 9 heteroatoms. The van der Waals surface area contributed by atoms with E-state index >= 15 is 0 Å². The summed E-state index contributed by atoms with van der Waals surface area (Å²) in [6, 6.07) is 6.79. The topological polar surface area (TPSA) is 112 Å². The predicted octanol–water partition coefficient (Wildman–Crippen LogP) is 1.24. The second kappa shape index (κ2) is 6.17. The van der Waals surface area contributed by atoms with Crippen LogP contribution in [-0.4, -0.2) is 40.3 Å². The van der Waals surface area contributed by atoms with Crippen molar-refractivity contribution < 1.29 is 23.9 Å². The molecular weight excluding hydrogens is 340 g/mol. The fraction of sp³-hybridized carbons (Fsp3) is 0.294. The summed E-state index contributed by atoms with van der Waals surface area (Å²) in [5.41, 5.74) is -0.694. The molecule has 2 N–H and O–H groups in total. The van der Waals surface area contributed by atoms with E-state index in [9.17, 15) is 14.4 Å². The number of aryl methyl sites for hydroxylation is 2. The maximum Gasteiger partial charge on any atom is 0.358 e. The van der Waals surface area contributed by atoms with Crippen LogP contribution in [0.3, 0.4) is 0 Å². The van der Waals surface area contributed by atoms with Crippen molar-refractivity contribution in [3.05, 3.63) is 35.7 Å². The van der Waals surface area contributed by atoms with Crippen LogP contribution in [0.1, 0.15) is 23.1 Å². The third kappa shape index (κ3) is 2.67. The van der Waals surface area contributed by atoms with E-state index in [0.717, 1.165) is 0 Å². The molecule has 2 heterocycles. The molecule has 1 aromatic carbocycles. The molecule has 2 amide bonds. The Balaban J connectivity index is 1.94. The van der Waals surface area contributed by atoms with Crippen LogP contribution in [0.2, 0.25) is 0 Å². The number of para-hydroxylation sites is 2. The van der Waals surface area contributed by atoms with E-state index < -0.39 is 23.4 Å². The number of ether oxygens (including phenoxy) is 2. The Morgan fingerprint density at radius 2 is 2.04 bits per heavy atom. The number of methoxy groups -OCH3 is 1. The number of rotatable bonds is 3. The number of hydrogen-bond donors (Lipinski definition) is 2. The molecule has 9 nitrogen and oxygen atoms in total. The van der Waals surface area contributed by atoms with Gasteiger partial charge in [0, 0.05) is 7.05 Å². The minimum Gasteiger partial charge on any atom is -0.466 e. The van der Waals surface area contributed by atoms with Crippen molar-refractivity contribution in [1.29, 1.82) is 0 Å². The number of amides is 2. The van der Waals surface area contributed by atoms with Crippen molar-refractivity contribution in [2.24, 2.45) is 7.05 Å². The molecule has 0 bridgehead atoms. The largest absolute Gasteiger partial charge is 0.466 e. The molecule has 0 radical (unpaired) electrons. The third-order valence-corrected chi connectivity index (χ3v) is 4.16. The van der Waals surface area contributed by atoms with Crippen LogP contribution >= 0.6 is 0 Å². The molecule has 1 aliphatic heterocycles. The van der Waals surface area contributed by atoms with E-state index in [1.807, 2.05) is 0 Å². The van der Waals surface area contributed by atoms with Gasteiger partial charge in [0.1, 0.15) is 5.75 Å². The number of nitrogens with one attached hydrogen (secondary N) is 2. The number of hydrogen-bond acceptors (Lipinski definition) is 6. The first-order chi connectivity index (χ1) is 12.3. The minimum atomic E-state index is -1.82. The smallest absolute Gasteiger partial charge is 0.358 e. The van der Waals surface area contributed by atoms with E-state index in [1.165, 1.54) is 18.7 Å². The van der Waals surface area contributed by atoms with E-state index in [-0.39, 0.29) is 11.4 Å². The van der Waals surface area contributed by atoms with Crippen molar-refractivity contribution in [2.45, 2.75) is 19.4 Å². The van der Waals surface area contributed by atoms with Gasteiger partial charge in [-0.05, 0) is 26.0 Å². The van der Waals surface area contributed by atoms with Crippen LogP contribution in [0.4, 0.5) is 11.4 Å². The lowest BCUT2D eigenvalue weighted by atomic mass is 10.0. The molecule has 0 fully saturated rings. The van der Waals surface area contributed by atoms with E-state index in [4.69, 9.17) is 9.47 Å². The maximum absolute atomic E-state index is 12.8. The summed E-state index contributed by atoms with van der Waals surface area (Å²) in [5, 5.41) is 9.34. The van der Waals surface area contributed by atoms with E-state index in [2.05, 4.69) is 15.7 Å². The number of esters is 1. The third-order valence-electron chi connectivity index (χ3n) is 4.16. The molecule has 1 aromatic heterocycles. The van der Waals surface area contributed by atoms with Gasteiger partial charge in [-0.2, -0.15) is 5.10 Å². The zero-order valence-corrected chi connectivity index (χ0v) is 14.7. The van der Waals surface area contributed by atoms with Crippen molar-refractivity contribution >= 4 is 29.2 Å². The van der Waals surface area contributed by atoms with Gasteiger partial charge in [0.15, 0.2) is 5.69 Å². The molecule has 0 spiro atoms. The Morgan fingerprint density at radius 3 is 2.73 bits per heavy atom. The van der Waals surface area contributed by atoms with Crippen molar-refractivity contribution in [3.8, 4) is 5.75 Å². The number of anilines is 2. The Bertz CT molecular complexity index is 920. The van der Waals surface area contributed by atoms with Crippen molar-refractivity contribution in [3.63, 3.8) is 0 Å². The summed E-state index contributed by atoms with van der Waals surface area (Å²) >= 11 is 0. The lowest BCUT2D eigenvalue weighted by Crippen LogP contribution is -2.56. The summed E-state index contributed by atoms with van der Waals surface area (Å²) in [5.74, 6) is -1.63. The molecule has 3 rings (SSSR count). The van der Waals surface area contributed by atoms with E-state index in [0.29, 0.717) is 17.1 Å². The van der Waals surface area contributed by atoms with Crippen molar-refractivity contribution in [1.82, 2.24) is 9.78 Å². The van der Waals surface area contributed by atoms with Gasteiger partial charge in [-0.3, -0.25) is 14.3 Å². The number of fused-ring (bicyclic) bond motifs is 1. The van der Waals surface area contributed by atoms with Crippen LogP contribution in [-0.2, 0) is 21.4 Å². The first-order valence-electron chi connectivity index (χ1n) is 7.80. The fourth-order valence-corrected chi connectivity index (χ4v) is 2.69. The number of carbonyl (C=O) groups excluding carboxylic acids is 3.